The molecule has 1 aromatic carbocycles. The standard InChI is InChI=1S/C12H14F2N2O2/c13-7-3-4-8(15)11(14)10(7)12(18)16-5-9(17)6-1-2-6/h3-4,6,9,17H,1-2,5,15H2,(H,16,18). The van der Waals surface area contributed by atoms with Crippen LogP contribution in [0.4, 0.5) is 14.5 Å². The maximum atomic E-state index is 13.5. The van der Waals surface area contributed by atoms with Crippen molar-refractivity contribution >= 4 is 11.6 Å². The highest BCUT2D eigenvalue weighted by Crippen LogP contribution is 2.32. The average Bonchev–Trinajstić information content (AvgIpc) is 3.15. The van der Waals surface area contributed by atoms with Gasteiger partial charge in [-0.1, -0.05) is 0 Å². The van der Waals surface area contributed by atoms with Crippen molar-refractivity contribution in [1.82, 2.24) is 5.32 Å². The summed E-state index contributed by atoms with van der Waals surface area (Å²) >= 11 is 0. The molecule has 6 heteroatoms. The molecule has 1 fully saturated rings. The molecule has 0 aromatic heterocycles. The molecule has 98 valence electrons. The number of aliphatic hydroxyl groups is 1. The summed E-state index contributed by atoms with van der Waals surface area (Å²) in [6.45, 7) is -0.0167. The van der Waals surface area contributed by atoms with Crippen LogP contribution in [0, 0.1) is 17.6 Å². The van der Waals surface area contributed by atoms with Crippen LogP contribution in [0.25, 0.3) is 0 Å². The van der Waals surface area contributed by atoms with Crippen LogP contribution in [-0.4, -0.2) is 23.7 Å². The van der Waals surface area contributed by atoms with E-state index in [1.165, 1.54) is 0 Å². The highest BCUT2D eigenvalue weighted by Gasteiger charge is 2.30. The summed E-state index contributed by atoms with van der Waals surface area (Å²) in [5.41, 5.74) is 4.27. The second-order valence-electron chi connectivity index (χ2n) is 4.44. The van der Waals surface area contributed by atoms with E-state index < -0.39 is 29.2 Å². The Morgan fingerprint density at radius 3 is 2.78 bits per heavy atom. The average molecular weight is 256 g/mol. The Labute approximate surface area is 103 Å². The molecular formula is C12H14F2N2O2. The van der Waals surface area contributed by atoms with E-state index in [1.807, 2.05) is 0 Å². The van der Waals surface area contributed by atoms with Gasteiger partial charge < -0.3 is 16.2 Å². The lowest BCUT2D eigenvalue weighted by Crippen LogP contribution is -2.34. The SMILES string of the molecule is Nc1ccc(F)c(C(=O)NCC(O)C2CC2)c1F. The molecule has 4 nitrogen and oxygen atoms in total. The van der Waals surface area contributed by atoms with E-state index in [0.717, 1.165) is 25.0 Å². The van der Waals surface area contributed by atoms with Gasteiger partial charge in [0.15, 0.2) is 5.82 Å². The van der Waals surface area contributed by atoms with Crippen LogP contribution in [0.15, 0.2) is 12.1 Å². The molecule has 1 unspecified atom stereocenters. The molecule has 1 atom stereocenters. The van der Waals surface area contributed by atoms with E-state index in [-0.39, 0.29) is 18.2 Å². The maximum absolute atomic E-state index is 13.5. The number of hydrogen-bond donors (Lipinski definition) is 3. The third-order valence-corrected chi connectivity index (χ3v) is 2.99. The third kappa shape index (κ3) is 2.59. The number of amides is 1. The Morgan fingerprint density at radius 2 is 2.17 bits per heavy atom. The molecule has 2 rings (SSSR count). The van der Waals surface area contributed by atoms with Crippen LogP contribution in [-0.2, 0) is 0 Å². The lowest BCUT2D eigenvalue weighted by atomic mass is 10.1. The van der Waals surface area contributed by atoms with Gasteiger partial charge in [0, 0.05) is 6.54 Å². The number of hydrogen-bond acceptors (Lipinski definition) is 3. The molecule has 1 amide bonds. The highest BCUT2D eigenvalue weighted by molar-refractivity contribution is 5.95. The molecule has 0 spiro atoms. The van der Waals surface area contributed by atoms with Crippen LogP contribution >= 0.6 is 0 Å². The molecule has 1 aromatic rings. The number of anilines is 1. The quantitative estimate of drug-likeness (QED) is 0.705. The number of nitrogens with one attached hydrogen (secondary N) is 1. The molecule has 0 saturated heterocycles. The van der Waals surface area contributed by atoms with Crippen molar-refractivity contribution in [2.75, 3.05) is 12.3 Å². The second kappa shape index (κ2) is 4.89. The van der Waals surface area contributed by atoms with Crippen molar-refractivity contribution in [3.63, 3.8) is 0 Å². The number of benzene rings is 1. The fourth-order valence-electron chi connectivity index (χ4n) is 1.71. The minimum Gasteiger partial charge on any atom is -0.396 e. The van der Waals surface area contributed by atoms with Gasteiger partial charge >= 0.3 is 0 Å². The molecule has 0 heterocycles. The number of carbonyl (C=O) groups is 1. The Balaban J connectivity index is 2.06. The smallest absolute Gasteiger partial charge is 0.257 e. The van der Waals surface area contributed by atoms with Crippen LogP contribution in [0.2, 0.25) is 0 Å². The van der Waals surface area contributed by atoms with Crippen molar-refractivity contribution in [2.24, 2.45) is 5.92 Å². The molecular weight excluding hydrogens is 242 g/mol. The monoisotopic (exact) mass is 256 g/mol. The van der Waals surface area contributed by atoms with Gasteiger partial charge in [0.05, 0.1) is 11.8 Å². The summed E-state index contributed by atoms with van der Waals surface area (Å²) in [6, 6.07) is 1.99. The van der Waals surface area contributed by atoms with Gasteiger partial charge in [-0.25, -0.2) is 8.78 Å². The predicted octanol–water partition coefficient (Wildman–Crippen LogP) is 1.05. The third-order valence-electron chi connectivity index (χ3n) is 2.99. The molecule has 0 bridgehead atoms. The fourth-order valence-corrected chi connectivity index (χ4v) is 1.71. The van der Waals surface area contributed by atoms with E-state index >= 15 is 0 Å². The van der Waals surface area contributed by atoms with E-state index in [2.05, 4.69) is 5.32 Å². The van der Waals surface area contributed by atoms with E-state index in [9.17, 15) is 18.7 Å². The first-order chi connectivity index (χ1) is 8.50. The van der Waals surface area contributed by atoms with Crippen LogP contribution < -0.4 is 11.1 Å². The van der Waals surface area contributed by atoms with Crippen LogP contribution in [0.3, 0.4) is 0 Å². The molecule has 18 heavy (non-hydrogen) atoms. The van der Waals surface area contributed by atoms with Gasteiger partial charge in [-0.05, 0) is 30.9 Å². The van der Waals surface area contributed by atoms with Crippen molar-refractivity contribution < 1.29 is 18.7 Å². The number of nitrogens with two attached hydrogens (primary N) is 1. The fraction of sp³-hybridized carbons (Fsp3) is 0.417. The molecule has 0 radical (unpaired) electrons. The topological polar surface area (TPSA) is 75.4 Å². The maximum Gasteiger partial charge on any atom is 0.257 e. The number of nitrogen functional groups attached to an aromatic ring is 1. The minimum atomic E-state index is -1.08. The van der Waals surface area contributed by atoms with Gasteiger partial charge in [0.2, 0.25) is 0 Å². The Hall–Kier alpha value is -1.69. The zero-order valence-electron chi connectivity index (χ0n) is 9.62. The minimum absolute atomic E-state index is 0.0167. The predicted molar refractivity (Wildman–Crippen MR) is 61.8 cm³/mol. The first-order valence-corrected chi connectivity index (χ1v) is 5.70. The van der Waals surface area contributed by atoms with Gasteiger partial charge in [-0.15, -0.1) is 0 Å². The number of rotatable bonds is 4. The highest BCUT2D eigenvalue weighted by atomic mass is 19.1. The van der Waals surface area contributed by atoms with E-state index in [0.29, 0.717) is 0 Å². The molecule has 4 N–H and O–H groups in total. The Bertz CT molecular complexity index is 475. The van der Waals surface area contributed by atoms with Crippen LogP contribution in [0.1, 0.15) is 23.2 Å². The van der Waals surface area contributed by atoms with Gasteiger partial charge in [0.25, 0.3) is 5.91 Å². The summed E-state index contributed by atoms with van der Waals surface area (Å²) in [6.07, 6.45) is 1.16. The summed E-state index contributed by atoms with van der Waals surface area (Å²) in [7, 11) is 0. The van der Waals surface area contributed by atoms with E-state index in [1.54, 1.807) is 0 Å². The van der Waals surface area contributed by atoms with Crippen molar-refractivity contribution in [2.45, 2.75) is 18.9 Å². The molecule has 1 aliphatic carbocycles. The normalized spacial score (nSPS) is 16.4. The first kappa shape index (κ1) is 12.8. The molecule has 0 aliphatic heterocycles. The van der Waals surface area contributed by atoms with Gasteiger partial charge in [-0.2, -0.15) is 0 Å². The number of carbonyl (C=O) groups excluding carboxylic acids is 1. The van der Waals surface area contributed by atoms with E-state index in [4.69, 9.17) is 5.73 Å². The molecule has 1 saturated carbocycles. The van der Waals surface area contributed by atoms with Gasteiger partial charge in [0.1, 0.15) is 11.4 Å². The number of halogens is 2. The van der Waals surface area contributed by atoms with Crippen LogP contribution in [0.5, 0.6) is 0 Å². The zero-order chi connectivity index (χ0) is 13.3. The lowest BCUT2D eigenvalue weighted by molar-refractivity contribution is 0.0893. The largest absolute Gasteiger partial charge is 0.396 e. The lowest BCUT2D eigenvalue weighted by Gasteiger charge is -2.12. The summed E-state index contributed by atoms with van der Waals surface area (Å²) in [5.74, 6) is -2.77. The summed E-state index contributed by atoms with van der Waals surface area (Å²) < 4.78 is 26.9. The van der Waals surface area contributed by atoms with Gasteiger partial charge in [-0.3, -0.25) is 4.79 Å². The van der Waals surface area contributed by atoms with Crippen molar-refractivity contribution in [3.05, 3.63) is 29.3 Å². The Morgan fingerprint density at radius 1 is 1.50 bits per heavy atom. The summed E-state index contributed by atoms with van der Waals surface area (Å²) in [5, 5.41) is 11.9. The van der Waals surface area contributed by atoms with Crippen molar-refractivity contribution in [3.8, 4) is 0 Å². The Kier molecular flexibility index (Phi) is 3.47. The second-order valence-corrected chi connectivity index (χ2v) is 4.44. The van der Waals surface area contributed by atoms with Crippen molar-refractivity contribution in [1.29, 1.82) is 0 Å². The number of aliphatic hydroxyl groups excluding tert-OH is 1. The zero-order valence-corrected chi connectivity index (χ0v) is 9.62. The first-order valence-electron chi connectivity index (χ1n) is 5.70. The summed E-state index contributed by atoms with van der Waals surface area (Å²) in [4.78, 5) is 11.6. The molecule has 1 aliphatic rings.